The molecule has 0 aliphatic carbocycles. The second-order valence-corrected chi connectivity index (χ2v) is 4.70. The summed E-state index contributed by atoms with van der Waals surface area (Å²) in [6.45, 7) is 3.99. The highest BCUT2D eigenvalue weighted by Gasteiger charge is 2.29. The van der Waals surface area contributed by atoms with Crippen molar-refractivity contribution in [2.45, 2.75) is 19.4 Å². The molecular formula is C13H14F3N3O2. The molecule has 0 bridgehead atoms. The zero-order chi connectivity index (χ0) is 15.6. The van der Waals surface area contributed by atoms with Gasteiger partial charge in [-0.25, -0.2) is 13.2 Å². The summed E-state index contributed by atoms with van der Waals surface area (Å²) in [5, 5.41) is 3.64. The fourth-order valence-corrected chi connectivity index (χ4v) is 1.63. The quantitative estimate of drug-likeness (QED) is 0.858. The molecule has 0 fully saturated rings. The Balaban J connectivity index is 2.34. The molecule has 2 N–H and O–H groups in total. The molecular weight excluding hydrogens is 287 g/mol. The largest absolute Gasteiger partial charge is 0.379 e. The Morgan fingerprint density at radius 2 is 2.00 bits per heavy atom. The first-order valence-electron chi connectivity index (χ1n) is 6.21. The third-order valence-electron chi connectivity index (χ3n) is 2.81. The van der Waals surface area contributed by atoms with Crippen molar-refractivity contribution in [3.63, 3.8) is 0 Å². The van der Waals surface area contributed by atoms with Crippen LogP contribution in [0.25, 0.3) is 11.5 Å². The van der Waals surface area contributed by atoms with Crippen LogP contribution < -0.4 is 5.73 Å². The van der Waals surface area contributed by atoms with Crippen LogP contribution >= 0.6 is 0 Å². The maximum absolute atomic E-state index is 13.7. The van der Waals surface area contributed by atoms with Gasteiger partial charge in [0.15, 0.2) is 23.3 Å². The summed E-state index contributed by atoms with van der Waals surface area (Å²) in [6.07, 6.45) is 0. The van der Waals surface area contributed by atoms with Crippen molar-refractivity contribution < 1.29 is 22.4 Å². The topological polar surface area (TPSA) is 74.2 Å². The molecule has 1 aromatic heterocycles. The minimum Gasteiger partial charge on any atom is -0.379 e. The highest BCUT2D eigenvalue weighted by Crippen LogP contribution is 2.26. The Morgan fingerprint density at radius 1 is 1.29 bits per heavy atom. The summed E-state index contributed by atoms with van der Waals surface area (Å²) in [7, 11) is 0. The van der Waals surface area contributed by atoms with Crippen LogP contribution in [0.3, 0.4) is 0 Å². The van der Waals surface area contributed by atoms with Crippen LogP contribution in [-0.4, -0.2) is 23.4 Å². The number of nitrogens with zero attached hydrogens (tertiary/aromatic N) is 2. The van der Waals surface area contributed by atoms with Crippen molar-refractivity contribution >= 4 is 0 Å². The zero-order valence-corrected chi connectivity index (χ0v) is 11.5. The molecule has 0 amide bonds. The lowest BCUT2D eigenvalue weighted by Gasteiger charge is -2.19. The molecule has 2 rings (SSSR count). The van der Waals surface area contributed by atoms with Crippen LogP contribution in [0.15, 0.2) is 16.7 Å². The first kappa shape index (κ1) is 15.5. The summed E-state index contributed by atoms with van der Waals surface area (Å²) in [6, 6.07) is 1.79. The van der Waals surface area contributed by atoms with E-state index in [4.69, 9.17) is 15.0 Å². The monoisotopic (exact) mass is 301 g/mol. The number of aromatic nitrogens is 2. The predicted molar refractivity (Wildman–Crippen MR) is 67.6 cm³/mol. The molecule has 5 nitrogen and oxygen atoms in total. The second kappa shape index (κ2) is 5.82. The van der Waals surface area contributed by atoms with Gasteiger partial charge in [0.1, 0.15) is 5.54 Å². The van der Waals surface area contributed by atoms with Crippen LogP contribution in [-0.2, 0) is 10.3 Å². The SMILES string of the molecule is CCOCC(C)(N)c1noc(-c2ccc(F)c(F)c2F)n1. The van der Waals surface area contributed by atoms with Gasteiger partial charge in [-0.2, -0.15) is 4.98 Å². The summed E-state index contributed by atoms with van der Waals surface area (Å²) < 4.78 is 49.8. The van der Waals surface area contributed by atoms with Gasteiger partial charge in [0.25, 0.3) is 5.89 Å². The molecule has 0 aliphatic heterocycles. The molecule has 0 aliphatic rings. The van der Waals surface area contributed by atoms with Gasteiger partial charge < -0.3 is 15.0 Å². The van der Waals surface area contributed by atoms with Gasteiger partial charge in [-0.1, -0.05) is 5.16 Å². The summed E-state index contributed by atoms with van der Waals surface area (Å²) in [5.74, 6) is -4.49. The Kier molecular flexibility index (Phi) is 4.29. The van der Waals surface area contributed by atoms with E-state index in [0.717, 1.165) is 12.1 Å². The minimum absolute atomic E-state index is 0.0788. The predicted octanol–water partition coefficient (Wildman–Crippen LogP) is 2.36. The molecule has 8 heteroatoms. The molecule has 114 valence electrons. The lowest BCUT2D eigenvalue weighted by molar-refractivity contribution is 0.0962. The molecule has 2 aromatic rings. The normalized spacial score (nSPS) is 14.2. The fraction of sp³-hybridized carbons (Fsp3) is 0.385. The van der Waals surface area contributed by atoms with Crippen molar-refractivity contribution in [2.75, 3.05) is 13.2 Å². The minimum atomic E-state index is -1.60. The first-order valence-corrected chi connectivity index (χ1v) is 6.21. The van der Waals surface area contributed by atoms with Gasteiger partial charge in [0.05, 0.1) is 12.2 Å². The Hall–Kier alpha value is -1.93. The third-order valence-corrected chi connectivity index (χ3v) is 2.81. The van der Waals surface area contributed by atoms with E-state index in [2.05, 4.69) is 10.1 Å². The lowest BCUT2D eigenvalue weighted by Crippen LogP contribution is -2.39. The van der Waals surface area contributed by atoms with E-state index in [1.165, 1.54) is 0 Å². The average molecular weight is 301 g/mol. The van der Waals surface area contributed by atoms with E-state index < -0.39 is 23.0 Å². The highest BCUT2D eigenvalue weighted by molar-refractivity contribution is 5.54. The van der Waals surface area contributed by atoms with E-state index in [-0.39, 0.29) is 23.9 Å². The first-order chi connectivity index (χ1) is 9.86. The Labute approximate surface area is 118 Å². The van der Waals surface area contributed by atoms with E-state index >= 15 is 0 Å². The van der Waals surface area contributed by atoms with Gasteiger partial charge in [-0.05, 0) is 26.0 Å². The summed E-state index contributed by atoms with van der Waals surface area (Å²) >= 11 is 0. The van der Waals surface area contributed by atoms with Crippen molar-refractivity contribution in [1.29, 1.82) is 0 Å². The number of halogens is 3. The van der Waals surface area contributed by atoms with Gasteiger partial charge in [0.2, 0.25) is 0 Å². The molecule has 0 saturated carbocycles. The third kappa shape index (κ3) is 3.06. The molecule has 1 aromatic carbocycles. The fourth-order valence-electron chi connectivity index (χ4n) is 1.63. The average Bonchev–Trinajstić information content (AvgIpc) is 2.93. The van der Waals surface area contributed by atoms with E-state index in [1.807, 2.05) is 0 Å². The number of ether oxygens (including phenoxy) is 1. The van der Waals surface area contributed by atoms with Gasteiger partial charge in [-0.3, -0.25) is 0 Å². The van der Waals surface area contributed by atoms with Crippen LogP contribution in [0.4, 0.5) is 13.2 Å². The summed E-state index contributed by atoms with van der Waals surface area (Å²) in [5.41, 5.74) is 4.59. The standard InChI is InChI=1S/C13H14F3N3O2/c1-3-20-6-13(2,17)12-18-11(21-19-12)7-4-5-8(14)10(16)9(7)15/h4-5H,3,6,17H2,1-2H3. The molecule has 0 radical (unpaired) electrons. The van der Waals surface area contributed by atoms with Gasteiger partial charge >= 0.3 is 0 Å². The lowest BCUT2D eigenvalue weighted by atomic mass is 10.1. The highest BCUT2D eigenvalue weighted by atomic mass is 19.2. The molecule has 1 heterocycles. The number of nitrogens with two attached hydrogens (primary N) is 1. The molecule has 21 heavy (non-hydrogen) atoms. The van der Waals surface area contributed by atoms with Gasteiger partial charge in [0, 0.05) is 6.61 Å². The van der Waals surface area contributed by atoms with Crippen LogP contribution in [0.1, 0.15) is 19.7 Å². The van der Waals surface area contributed by atoms with Crippen LogP contribution in [0.5, 0.6) is 0 Å². The van der Waals surface area contributed by atoms with Crippen LogP contribution in [0, 0.1) is 17.5 Å². The molecule has 0 saturated heterocycles. The van der Waals surface area contributed by atoms with Crippen molar-refractivity contribution in [1.82, 2.24) is 10.1 Å². The smallest absolute Gasteiger partial charge is 0.261 e. The summed E-state index contributed by atoms with van der Waals surface area (Å²) in [4.78, 5) is 3.92. The maximum atomic E-state index is 13.7. The number of rotatable bonds is 5. The van der Waals surface area contributed by atoms with E-state index in [1.54, 1.807) is 13.8 Å². The van der Waals surface area contributed by atoms with Crippen molar-refractivity contribution in [3.05, 3.63) is 35.4 Å². The maximum Gasteiger partial charge on any atom is 0.261 e. The molecule has 0 spiro atoms. The molecule has 1 unspecified atom stereocenters. The van der Waals surface area contributed by atoms with E-state index in [0.29, 0.717) is 6.61 Å². The van der Waals surface area contributed by atoms with E-state index in [9.17, 15) is 13.2 Å². The molecule has 1 atom stereocenters. The number of benzene rings is 1. The zero-order valence-electron chi connectivity index (χ0n) is 11.5. The number of hydrogen-bond acceptors (Lipinski definition) is 5. The Bertz CT molecular complexity index is 644. The number of hydrogen-bond donors (Lipinski definition) is 1. The van der Waals surface area contributed by atoms with Crippen LogP contribution in [0.2, 0.25) is 0 Å². The van der Waals surface area contributed by atoms with Crippen molar-refractivity contribution in [2.24, 2.45) is 5.73 Å². The Morgan fingerprint density at radius 3 is 2.67 bits per heavy atom. The van der Waals surface area contributed by atoms with Gasteiger partial charge in [-0.15, -0.1) is 0 Å². The second-order valence-electron chi connectivity index (χ2n) is 4.70. The van der Waals surface area contributed by atoms with Crippen molar-refractivity contribution in [3.8, 4) is 11.5 Å².